The molecule has 1 aromatic heterocycles. The lowest BCUT2D eigenvalue weighted by Crippen LogP contribution is -2.20. The molecule has 1 heterocycles. The molecule has 0 atom stereocenters. The Hall–Kier alpha value is -0.810. The summed E-state index contributed by atoms with van der Waals surface area (Å²) in [5.41, 5.74) is 0. The van der Waals surface area contributed by atoms with Crippen molar-refractivity contribution in [3.8, 4) is 0 Å². The van der Waals surface area contributed by atoms with Crippen molar-refractivity contribution < 1.29 is 0 Å². The van der Waals surface area contributed by atoms with Gasteiger partial charge in [0.25, 0.3) is 0 Å². The van der Waals surface area contributed by atoms with E-state index in [0.29, 0.717) is 0 Å². The van der Waals surface area contributed by atoms with Crippen molar-refractivity contribution in [1.82, 2.24) is 15.3 Å². The quantitative estimate of drug-likeness (QED) is 0.430. The Morgan fingerprint density at radius 1 is 1.38 bits per heavy atom. The molecule has 1 aromatic rings. The molecule has 0 saturated heterocycles. The third kappa shape index (κ3) is 3.98. The highest BCUT2D eigenvalue weighted by molar-refractivity contribution is 7.98. The molecule has 1 saturated carbocycles. The maximum Gasteiger partial charge on any atom is 0.130 e. The molecule has 4 nitrogen and oxygen atoms in total. The summed E-state index contributed by atoms with van der Waals surface area (Å²) in [5, 5.41) is 7.81. The predicted molar refractivity (Wildman–Crippen MR) is 67.9 cm³/mol. The van der Waals surface area contributed by atoms with Gasteiger partial charge in [-0.2, -0.15) is 0 Å². The number of nitrogens with one attached hydrogen (secondary N) is 2. The maximum atomic E-state index is 4.18. The summed E-state index contributed by atoms with van der Waals surface area (Å²) in [6.45, 7) is 2.06. The summed E-state index contributed by atoms with van der Waals surface area (Å²) in [4.78, 5) is 8.31. The molecular formula is C11H18N4S. The molecule has 0 aliphatic heterocycles. The molecule has 0 unspecified atom stereocenters. The lowest BCUT2D eigenvalue weighted by molar-refractivity contribution is 0.658. The number of thioether (sulfide) groups is 1. The van der Waals surface area contributed by atoms with Gasteiger partial charge in [-0.05, 0) is 32.1 Å². The van der Waals surface area contributed by atoms with Crippen molar-refractivity contribution in [2.75, 3.05) is 24.7 Å². The van der Waals surface area contributed by atoms with Gasteiger partial charge >= 0.3 is 0 Å². The second-order valence-corrected chi connectivity index (χ2v) is 4.78. The Bertz CT molecular complexity index is 328. The highest BCUT2D eigenvalue weighted by atomic mass is 32.2. The Labute approximate surface area is 101 Å². The average molecular weight is 238 g/mol. The van der Waals surface area contributed by atoms with E-state index in [9.17, 15) is 0 Å². The third-order valence-electron chi connectivity index (χ3n) is 2.52. The molecule has 0 radical (unpaired) electrons. The maximum absolute atomic E-state index is 4.18. The molecule has 1 aliphatic rings. The SMILES string of the molecule is CSc1cc(NCCCNC2CC2)ncn1. The summed E-state index contributed by atoms with van der Waals surface area (Å²) in [5.74, 6) is 0.922. The molecule has 2 rings (SSSR count). The van der Waals surface area contributed by atoms with Crippen LogP contribution in [0.1, 0.15) is 19.3 Å². The van der Waals surface area contributed by atoms with Crippen LogP contribution in [0.15, 0.2) is 17.4 Å². The van der Waals surface area contributed by atoms with Crippen LogP contribution in [0.2, 0.25) is 0 Å². The molecule has 0 amide bonds. The first-order valence-corrected chi connectivity index (χ1v) is 6.94. The van der Waals surface area contributed by atoms with E-state index in [0.717, 1.165) is 36.4 Å². The van der Waals surface area contributed by atoms with E-state index in [2.05, 4.69) is 20.6 Å². The summed E-state index contributed by atoms with van der Waals surface area (Å²) in [6, 6.07) is 2.79. The second-order valence-electron chi connectivity index (χ2n) is 3.95. The first-order valence-electron chi connectivity index (χ1n) is 5.72. The van der Waals surface area contributed by atoms with Crippen LogP contribution < -0.4 is 10.6 Å². The molecule has 16 heavy (non-hydrogen) atoms. The lowest BCUT2D eigenvalue weighted by atomic mass is 10.4. The molecule has 0 spiro atoms. The molecule has 0 aromatic carbocycles. The Kier molecular flexibility index (Phi) is 4.42. The fraction of sp³-hybridized carbons (Fsp3) is 0.636. The van der Waals surface area contributed by atoms with E-state index in [-0.39, 0.29) is 0 Å². The van der Waals surface area contributed by atoms with Gasteiger partial charge in [-0.15, -0.1) is 11.8 Å². The van der Waals surface area contributed by atoms with E-state index in [1.807, 2.05) is 12.3 Å². The number of nitrogens with zero attached hydrogens (tertiary/aromatic N) is 2. The lowest BCUT2D eigenvalue weighted by Gasteiger charge is -2.06. The average Bonchev–Trinajstić information content (AvgIpc) is 3.13. The Morgan fingerprint density at radius 2 is 2.25 bits per heavy atom. The summed E-state index contributed by atoms with van der Waals surface area (Å²) in [6.07, 6.45) is 7.48. The minimum atomic E-state index is 0.808. The zero-order valence-corrected chi connectivity index (χ0v) is 10.4. The van der Waals surface area contributed by atoms with E-state index < -0.39 is 0 Å². The highest BCUT2D eigenvalue weighted by Gasteiger charge is 2.19. The highest BCUT2D eigenvalue weighted by Crippen LogP contribution is 2.18. The van der Waals surface area contributed by atoms with Crippen molar-refractivity contribution in [3.05, 3.63) is 12.4 Å². The van der Waals surface area contributed by atoms with Gasteiger partial charge in [0.2, 0.25) is 0 Å². The summed E-state index contributed by atoms with van der Waals surface area (Å²) >= 11 is 1.64. The van der Waals surface area contributed by atoms with Gasteiger partial charge in [-0.1, -0.05) is 0 Å². The van der Waals surface area contributed by atoms with E-state index >= 15 is 0 Å². The minimum absolute atomic E-state index is 0.808. The fourth-order valence-electron chi connectivity index (χ4n) is 1.45. The van der Waals surface area contributed by atoms with Gasteiger partial charge in [0, 0.05) is 18.7 Å². The van der Waals surface area contributed by atoms with Crippen LogP contribution in [0.4, 0.5) is 5.82 Å². The van der Waals surface area contributed by atoms with Gasteiger partial charge in [0.15, 0.2) is 0 Å². The van der Waals surface area contributed by atoms with Crippen LogP contribution in [0.25, 0.3) is 0 Å². The van der Waals surface area contributed by atoms with Gasteiger partial charge in [0.05, 0.1) is 0 Å². The summed E-state index contributed by atoms with van der Waals surface area (Å²) < 4.78 is 0. The van der Waals surface area contributed by atoms with Crippen LogP contribution in [0.3, 0.4) is 0 Å². The third-order valence-corrected chi connectivity index (χ3v) is 3.16. The van der Waals surface area contributed by atoms with E-state index in [4.69, 9.17) is 0 Å². The molecule has 1 aliphatic carbocycles. The van der Waals surface area contributed by atoms with E-state index in [1.54, 1.807) is 18.1 Å². The first-order chi connectivity index (χ1) is 7.88. The molecular weight excluding hydrogens is 220 g/mol. The van der Waals surface area contributed by atoms with Crippen LogP contribution in [-0.4, -0.2) is 35.4 Å². The van der Waals surface area contributed by atoms with Gasteiger partial charge in [0.1, 0.15) is 17.2 Å². The number of hydrogen-bond acceptors (Lipinski definition) is 5. The van der Waals surface area contributed by atoms with Crippen molar-refractivity contribution >= 4 is 17.6 Å². The van der Waals surface area contributed by atoms with Crippen molar-refractivity contribution in [2.24, 2.45) is 0 Å². The van der Waals surface area contributed by atoms with Gasteiger partial charge < -0.3 is 10.6 Å². The molecule has 2 N–H and O–H groups in total. The van der Waals surface area contributed by atoms with Crippen molar-refractivity contribution in [1.29, 1.82) is 0 Å². The molecule has 5 heteroatoms. The second kappa shape index (κ2) is 6.06. The zero-order valence-electron chi connectivity index (χ0n) is 9.57. The van der Waals surface area contributed by atoms with E-state index in [1.165, 1.54) is 12.8 Å². The monoisotopic (exact) mass is 238 g/mol. The topological polar surface area (TPSA) is 49.8 Å². The molecule has 88 valence electrons. The fourth-order valence-corrected chi connectivity index (χ4v) is 1.83. The number of aromatic nitrogens is 2. The van der Waals surface area contributed by atoms with Gasteiger partial charge in [-0.25, -0.2) is 9.97 Å². The number of hydrogen-bond donors (Lipinski definition) is 2. The van der Waals surface area contributed by atoms with Crippen molar-refractivity contribution in [2.45, 2.75) is 30.3 Å². The van der Waals surface area contributed by atoms with Crippen molar-refractivity contribution in [3.63, 3.8) is 0 Å². The Balaban J connectivity index is 1.63. The summed E-state index contributed by atoms with van der Waals surface area (Å²) in [7, 11) is 0. The molecule has 1 fully saturated rings. The minimum Gasteiger partial charge on any atom is -0.370 e. The normalized spacial score (nSPS) is 15.1. The largest absolute Gasteiger partial charge is 0.370 e. The van der Waals surface area contributed by atoms with Crippen LogP contribution in [-0.2, 0) is 0 Å². The number of rotatable bonds is 7. The smallest absolute Gasteiger partial charge is 0.130 e. The Morgan fingerprint density at radius 3 is 3.00 bits per heavy atom. The van der Waals surface area contributed by atoms with Crippen LogP contribution in [0, 0.1) is 0 Å². The zero-order chi connectivity index (χ0) is 11.2. The first kappa shape index (κ1) is 11.7. The van der Waals surface area contributed by atoms with Crippen LogP contribution in [0.5, 0.6) is 0 Å². The predicted octanol–water partition coefficient (Wildman–Crippen LogP) is 1.75. The standard InChI is InChI=1S/C11H18N4S/c1-16-11-7-10(14-8-15-11)13-6-2-5-12-9-3-4-9/h7-9,12H,2-6H2,1H3,(H,13,14,15). The van der Waals surface area contributed by atoms with Gasteiger partial charge in [-0.3, -0.25) is 0 Å². The number of anilines is 1. The van der Waals surface area contributed by atoms with Crippen LogP contribution >= 0.6 is 11.8 Å². The molecule has 0 bridgehead atoms.